The average Bonchev–Trinajstić information content (AvgIpc) is 2.29. The molecular formula is C12H20FN3O. The number of hydrogen-bond donors (Lipinski definition) is 1. The summed E-state index contributed by atoms with van der Waals surface area (Å²) in [7, 11) is 0. The van der Waals surface area contributed by atoms with Gasteiger partial charge in [-0.2, -0.15) is 9.37 Å². The topological polar surface area (TPSA) is 47.0 Å². The van der Waals surface area contributed by atoms with Gasteiger partial charge in [0, 0.05) is 6.54 Å². The Labute approximate surface area is 102 Å². The highest BCUT2D eigenvalue weighted by Crippen LogP contribution is 2.18. The van der Waals surface area contributed by atoms with Crippen LogP contribution in [0.25, 0.3) is 0 Å². The third kappa shape index (κ3) is 4.17. The molecule has 1 N–H and O–H groups in total. The molecule has 1 aromatic rings. The Hall–Kier alpha value is -1.39. The van der Waals surface area contributed by atoms with Crippen molar-refractivity contribution in [2.24, 2.45) is 5.92 Å². The van der Waals surface area contributed by atoms with Crippen molar-refractivity contribution >= 4 is 5.95 Å². The fraction of sp³-hybridized carbons (Fsp3) is 0.667. The monoisotopic (exact) mass is 241 g/mol. The Bertz CT molecular complexity index is 358. The Morgan fingerprint density at radius 2 is 2.12 bits per heavy atom. The molecule has 0 amide bonds. The molecule has 1 heterocycles. The van der Waals surface area contributed by atoms with Gasteiger partial charge in [0.2, 0.25) is 11.8 Å². The van der Waals surface area contributed by atoms with E-state index in [-0.39, 0.29) is 12.0 Å². The Morgan fingerprint density at radius 3 is 2.71 bits per heavy atom. The van der Waals surface area contributed by atoms with Crippen molar-refractivity contribution in [3.8, 4) is 5.88 Å². The summed E-state index contributed by atoms with van der Waals surface area (Å²) >= 11 is 0. The van der Waals surface area contributed by atoms with Crippen molar-refractivity contribution in [2.45, 2.75) is 40.2 Å². The normalized spacial score (nSPS) is 12.6. The van der Waals surface area contributed by atoms with E-state index in [9.17, 15) is 4.39 Å². The van der Waals surface area contributed by atoms with Gasteiger partial charge in [0.15, 0.2) is 0 Å². The highest BCUT2D eigenvalue weighted by molar-refractivity contribution is 5.28. The molecule has 0 aliphatic carbocycles. The first-order chi connectivity index (χ1) is 8.04. The minimum Gasteiger partial charge on any atom is -0.472 e. The second-order valence-corrected chi connectivity index (χ2v) is 4.34. The molecule has 1 rings (SSSR count). The van der Waals surface area contributed by atoms with Crippen molar-refractivity contribution < 1.29 is 9.13 Å². The number of aromatic nitrogens is 2. The predicted molar refractivity (Wildman–Crippen MR) is 65.7 cm³/mol. The molecule has 5 heteroatoms. The maximum Gasteiger partial charge on any atom is 0.255 e. The molecule has 96 valence electrons. The summed E-state index contributed by atoms with van der Waals surface area (Å²) in [5.74, 6) is 0.190. The number of nitrogens with one attached hydrogen (secondary N) is 1. The zero-order chi connectivity index (χ0) is 12.8. The summed E-state index contributed by atoms with van der Waals surface area (Å²) in [4.78, 5) is 7.86. The van der Waals surface area contributed by atoms with Crippen LogP contribution in [0.5, 0.6) is 5.88 Å². The van der Waals surface area contributed by atoms with Crippen molar-refractivity contribution in [3.63, 3.8) is 0 Å². The third-order valence-corrected chi connectivity index (χ3v) is 2.48. The molecule has 1 atom stereocenters. The van der Waals surface area contributed by atoms with E-state index in [1.807, 2.05) is 27.7 Å². The summed E-state index contributed by atoms with van der Waals surface area (Å²) in [5, 5.41) is 3.00. The molecule has 1 aromatic heterocycles. The van der Waals surface area contributed by atoms with E-state index >= 15 is 0 Å². The van der Waals surface area contributed by atoms with Crippen LogP contribution in [0.4, 0.5) is 10.3 Å². The zero-order valence-corrected chi connectivity index (χ0v) is 10.8. The molecule has 0 aliphatic rings. The van der Waals surface area contributed by atoms with Gasteiger partial charge < -0.3 is 10.1 Å². The highest BCUT2D eigenvalue weighted by atomic mass is 19.1. The molecule has 0 spiro atoms. The fourth-order valence-electron chi connectivity index (χ4n) is 1.07. The number of anilines is 1. The molecule has 0 saturated carbocycles. The summed E-state index contributed by atoms with van der Waals surface area (Å²) in [5.41, 5.74) is 0. The van der Waals surface area contributed by atoms with Crippen LogP contribution in [0.3, 0.4) is 0 Å². The van der Waals surface area contributed by atoms with E-state index < -0.39 is 5.82 Å². The second kappa shape index (κ2) is 6.37. The molecule has 4 nitrogen and oxygen atoms in total. The van der Waals surface area contributed by atoms with Gasteiger partial charge in [-0.25, -0.2) is 4.98 Å². The van der Waals surface area contributed by atoms with Gasteiger partial charge in [-0.1, -0.05) is 20.8 Å². The lowest BCUT2D eigenvalue weighted by molar-refractivity contribution is 0.155. The fourth-order valence-corrected chi connectivity index (χ4v) is 1.07. The largest absolute Gasteiger partial charge is 0.472 e. The number of halogens is 1. The quantitative estimate of drug-likeness (QED) is 0.832. The molecule has 1 unspecified atom stereocenters. The van der Waals surface area contributed by atoms with Gasteiger partial charge in [-0.05, 0) is 19.3 Å². The van der Waals surface area contributed by atoms with Crippen LogP contribution in [0.1, 0.15) is 34.1 Å². The van der Waals surface area contributed by atoms with E-state index in [1.165, 1.54) is 0 Å². The van der Waals surface area contributed by atoms with Crippen LogP contribution in [-0.4, -0.2) is 22.6 Å². The number of hydrogen-bond acceptors (Lipinski definition) is 4. The van der Waals surface area contributed by atoms with Crippen LogP contribution in [0.2, 0.25) is 0 Å². The highest BCUT2D eigenvalue weighted by Gasteiger charge is 2.14. The first kappa shape index (κ1) is 13.7. The van der Waals surface area contributed by atoms with Gasteiger partial charge >= 0.3 is 0 Å². The third-order valence-electron chi connectivity index (χ3n) is 2.48. The number of ether oxygens (including phenoxy) is 1. The van der Waals surface area contributed by atoms with Crippen LogP contribution >= 0.6 is 0 Å². The SMILES string of the molecule is CCCNc1ncc(F)c(OC(C)C(C)C)n1. The van der Waals surface area contributed by atoms with Crippen molar-refractivity contribution in [2.75, 3.05) is 11.9 Å². The van der Waals surface area contributed by atoms with Gasteiger partial charge in [-0.15, -0.1) is 0 Å². The van der Waals surface area contributed by atoms with Gasteiger partial charge in [0.05, 0.1) is 6.20 Å². The molecule has 0 aromatic carbocycles. The summed E-state index contributed by atoms with van der Waals surface area (Å²) in [6.07, 6.45) is 2.01. The first-order valence-electron chi connectivity index (χ1n) is 5.97. The molecule has 0 bridgehead atoms. The molecule has 0 fully saturated rings. The smallest absolute Gasteiger partial charge is 0.255 e. The Morgan fingerprint density at radius 1 is 1.41 bits per heavy atom. The lowest BCUT2D eigenvalue weighted by atomic mass is 10.1. The molecular weight excluding hydrogens is 221 g/mol. The van der Waals surface area contributed by atoms with E-state index in [0.717, 1.165) is 19.2 Å². The number of rotatable bonds is 6. The number of nitrogens with zero attached hydrogens (tertiary/aromatic N) is 2. The van der Waals surface area contributed by atoms with E-state index in [1.54, 1.807) is 0 Å². The maximum atomic E-state index is 13.4. The standard InChI is InChI=1S/C12H20FN3O/c1-5-6-14-12-15-7-10(13)11(16-12)17-9(4)8(2)3/h7-9H,5-6H2,1-4H3,(H,14,15,16). The zero-order valence-electron chi connectivity index (χ0n) is 10.8. The van der Waals surface area contributed by atoms with E-state index in [2.05, 4.69) is 15.3 Å². The van der Waals surface area contributed by atoms with Crippen LogP contribution in [0.15, 0.2) is 6.20 Å². The summed E-state index contributed by atoms with van der Waals surface area (Å²) in [6.45, 7) is 8.71. The minimum atomic E-state index is -0.528. The van der Waals surface area contributed by atoms with Crippen LogP contribution in [0, 0.1) is 11.7 Å². The van der Waals surface area contributed by atoms with Crippen molar-refractivity contribution in [3.05, 3.63) is 12.0 Å². The van der Waals surface area contributed by atoms with Crippen molar-refractivity contribution in [1.82, 2.24) is 9.97 Å². The molecule has 0 saturated heterocycles. The van der Waals surface area contributed by atoms with Crippen LogP contribution in [-0.2, 0) is 0 Å². The predicted octanol–water partition coefficient (Wildman–Crippen LogP) is 2.86. The van der Waals surface area contributed by atoms with E-state index in [0.29, 0.717) is 11.9 Å². The lowest BCUT2D eigenvalue weighted by Crippen LogP contribution is -2.20. The first-order valence-corrected chi connectivity index (χ1v) is 5.97. The lowest BCUT2D eigenvalue weighted by Gasteiger charge is -2.17. The Balaban J connectivity index is 2.75. The van der Waals surface area contributed by atoms with Crippen molar-refractivity contribution in [1.29, 1.82) is 0 Å². The Kier molecular flexibility index (Phi) is 5.12. The maximum absolute atomic E-state index is 13.4. The summed E-state index contributed by atoms with van der Waals surface area (Å²) < 4.78 is 18.9. The van der Waals surface area contributed by atoms with Gasteiger partial charge in [0.1, 0.15) is 6.10 Å². The minimum absolute atomic E-state index is 0.0137. The molecule has 0 radical (unpaired) electrons. The molecule has 0 aliphatic heterocycles. The van der Waals surface area contributed by atoms with Gasteiger partial charge in [0.25, 0.3) is 5.88 Å². The second-order valence-electron chi connectivity index (χ2n) is 4.34. The summed E-state index contributed by atoms with van der Waals surface area (Å²) in [6, 6.07) is 0. The van der Waals surface area contributed by atoms with E-state index in [4.69, 9.17) is 4.74 Å². The average molecular weight is 241 g/mol. The van der Waals surface area contributed by atoms with Crippen LogP contribution < -0.4 is 10.1 Å². The molecule has 17 heavy (non-hydrogen) atoms. The van der Waals surface area contributed by atoms with Gasteiger partial charge in [-0.3, -0.25) is 0 Å².